The Bertz CT molecular complexity index is 648. The highest BCUT2D eigenvalue weighted by atomic mass is 16.2. The van der Waals surface area contributed by atoms with Gasteiger partial charge in [0.2, 0.25) is 0 Å². The second kappa shape index (κ2) is 10.7. The van der Waals surface area contributed by atoms with Gasteiger partial charge in [-0.15, -0.1) is 0 Å². The molecule has 0 unspecified atom stereocenters. The van der Waals surface area contributed by atoms with E-state index in [1.54, 1.807) is 11.1 Å². The lowest BCUT2D eigenvalue weighted by Crippen LogP contribution is -2.36. The maximum absolute atomic E-state index is 11.4. The van der Waals surface area contributed by atoms with Crippen LogP contribution in [0, 0.1) is 5.92 Å². The van der Waals surface area contributed by atoms with E-state index in [0.29, 0.717) is 5.82 Å². The predicted octanol–water partition coefficient (Wildman–Crippen LogP) is 3.91. The number of urea groups is 1. The van der Waals surface area contributed by atoms with E-state index in [9.17, 15) is 4.79 Å². The average Bonchev–Trinajstić information content (AvgIpc) is 2.66. The molecular weight excluding hydrogens is 338 g/mol. The van der Waals surface area contributed by atoms with Crippen LogP contribution in [0.15, 0.2) is 47.3 Å². The molecule has 1 aromatic rings. The highest BCUT2D eigenvalue weighted by Gasteiger charge is 2.16. The summed E-state index contributed by atoms with van der Waals surface area (Å²) in [5.41, 5.74) is 7.24. The van der Waals surface area contributed by atoms with Crippen molar-refractivity contribution in [3.05, 3.63) is 42.2 Å². The Hall–Kier alpha value is -2.34. The zero-order valence-corrected chi connectivity index (χ0v) is 16.8. The minimum absolute atomic E-state index is 0.559. The first kappa shape index (κ1) is 21.0. The van der Waals surface area contributed by atoms with Crippen LogP contribution in [0.4, 0.5) is 10.5 Å². The normalized spacial score (nSPS) is 17.0. The molecule has 0 radical (unpaired) electrons. The molecule has 0 saturated carbocycles. The Kier molecular flexibility index (Phi) is 8.33. The minimum Gasteiger partial charge on any atom is -0.351 e. The zero-order chi connectivity index (χ0) is 19.6. The molecule has 1 saturated heterocycles. The number of piperidine rings is 1. The number of para-hydroxylation sites is 1. The van der Waals surface area contributed by atoms with Gasteiger partial charge in [0.1, 0.15) is 5.82 Å². The Balaban J connectivity index is 2.00. The standard InChI is InChI=1S/C21H33N5O/c1-4-20(23-21(22)27)26(19-11-6-5-7-12-19)24-17(2)9-8-10-18-13-15-25(3)16-14-18/h4-7,11-12,18H,8-10,13-16H2,1-3H3,(H3,22,23,27)/b20-4+,24-17+. The number of rotatable bonds is 8. The smallest absolute Gasteiger partial charge is 0.317 e. The van der Waals surface area contributed by atoms with Gasteiger partial charge in [0.15, 0.2) is 0 Å². The molecular formula is C21H33N5O. The summed E-state index contributed by atoms with van der Waals surface area (Å²) in [6.45, 7) is 6.32. The van der Waals surface area contributed by atoms with Crippen molar-refractivity contribution in [2.24, 2.45) is 16.8 Å². The van der Waals surface area contributed by atoms with E-state index in [-0.39, 0.29) is 0 Å². The Morgan fingerprint density at radius 1 is 1.33 bits per heavy atom. The van der Waals surface area contributed by atoms with Crippen molar-refractivity contribution in [1.29, 1.82) is 0 Å². The number of nitrogens with two attached hydrogens (primary N) is 1. The number of hydrogen-bond acceptors (Lipinski definition) is 4. The topological polar surface area (TPSA) is 74.0 Å². The summed E-state index contributed by atoms with van der Waals surface area (Å²) < 4.78 is 0. The van der Waals surface area contributed by atoms with Crippen LogP contribution < -0.4 is 16.1 Å². The average molecular weight is 372 g/mol. The van der Waals surface area contributed by atoms with Gasteiger partial charge in [0.25, 0.3) is 0 Å². The number of carbonyl (C=O) groups excluding carboxylic acids is 1. The molecule has 3 N–H and O–H groups in total. The molecule has 6 nitrogen and oxygen atoms in total. The van der Waals surface area contributed by atoms with E-state index in [2.05, 4.69) is 17.3 Å². The SMILES string of the molecule is C/C=C(\NC(N)=O)N(/N=C(\C)CCCC1CCN(C)CC1)c1ccccc1. The molecule has 148 valence electrons. The van der Waals surface area contributed by atoms with Crippen molar-refractivity contribution in [3.8, 4) is 0 Å². The summed E-state index contributed by atoms with van der Waals surface area (Å²) in [5, 5.41) is 9.17. The molecule has 0 atom stereocenters. The van der Waals surface area contributed by atoms with Crippen molar-refractivity contribution >= 4 is 17.4 Å². The van der Waals surface area contributed by atoms with Crippen LogP contribution in [0.1, 0.15) is 46.0 Å². The lowest BCUT2D eigenvalue weighted by Gasteiger charge is -2.29. The van der Waals surface area contributed by atoms with Gasteiger partial charge in [0.05, 0.1) is 5.69 Å². The molecule has 0 bridgehead atoms. The molecule has 1 fully saturated rings. The molecule has 27 heavy (non-hydrogen) atoms. The van der Waals surface area contributed by atoms with Gasteiger partial charge in [-0.05, 0) is 90.2 Å². The summed E-state index contributed by atoms with van der Waals surface area (Å²) in [6, 6.07) is 9.18. The summed E-state index contributed by atoms with van der Waals surface area (Å²) in [5.74, 6) is 1.39. The number of amides is 2. The molecule has 1 heterocycles. The van der Waals surface area contributed by atoms with Gasteiger partial charge in [0, 0.05) is 5.71 Å². The third-order valence-corrected chi connectivity index (χ3v) is 5.01. The van der Waals surface area contributed by atoms with Crippen LogP contribution in [-0.4, -0.2) is 36.8 Å². The molecule has 1 aromatic carbocycles. The van der Waals surface area contributed by atoms with Crippen molar-refractivity contribution in [2.75, 3.05) is 25.1 Å². The third kappa shape index (κ3) is 7.06. The lowest BCUT2D eigenvalue weighted by molar-refractivity contribution is 0.211. The summed E-state index contributed by atoms with van der Waals surface area (Å²) >= 11 is 0. The monoisotopic (exact) mass is 371 g/mol. The maximum Gasteiger partial charge on any atom is 0.317 e. The van der Waals surface area contributed by atoms with E-state index in [0.717, 1.165) is 30.2 Å². The largest absolute Gasteiger partial charge is 0.351 e. The molecule has 0 aliphatic carbocycles. The Morgan fingerprint density at radius 2 is 2.00 bits per heavy atom. The second-order valence-electron chi connectivity index (χ2n) is 7.28. The van der Waals surface area contributed by atoms with Crippen LogP contribution in [0.25, 0.3) is 0 Å². The number of likely N-dealkylation sites (tertiary alicyclic amines) is 1. The van der Waals surface area contributed by atoms with E-state index >= 15 is 0 Å². The number of hydrazone groups is 1. The first-order chi connectivity index (χ1) is 13.0. The number of benzene rings is 1. The molecule has 2 rings (SSSR count). The molecule has 1 aliphatic heterocycles. The summed E-state index contributed by atoms with van der Waals surface area (Å²) in [4.78, 5) is 13.8. The fraction of sp³-hybridized carbons (Fsp3) is 0.524. The van der Waals surface area contributed by atoms with E-state index < -0.39 is 6.03 Å². The predicted molar refractivity (Wildman–Crippen MR) is 113 cm³/mol. The van der Waals surface area contributed by atoms with Crippen LogP contribution in [0.2, 0.25) is 0 Å². The minimum atomic E-state index is -0.598. The Labute approximate surface area is 163 Å². The summed E-state index contributed by atoms with van der Waals surface area (Å²) in [6.07, 6.45) is 7.74. The zero-order valence-electron chi connectivity index (χ0n) is 16.8. The van der Waals surface area contributed by atoms with Crippen LogP contribution >= 0.6 is 0 Å². The fourth-order valence-corrected chi connectivity index (χ4v) is 3.41. The van der Waals surface area contributed by atoms with Crippen LogP contribution in [0.3, 0.4) is 0 Å². The number of nitrogens with one attached hydrogen (secondary N) is 1. The number of hydrogen-bond donors (Lipinski definition) is 2. The van der Waals surface area contributed by atoms with Crippen molar-refractivity contribution in [1.82, 2.24) is 10.2 Å². The first-order valence-electron chi connectivity index (χ1n) is 9.80. The van der Waals surface area contributed by atoms with Gasteiger partial charge < -0.3 is 10.6 Å². The van der Waals surface area contributed by atoms with Crippen molar-refractivity contribution < 1.29 is 4.79 Å². The number of nitrogens with zero attached hydrogens (tertiary/aromatic N) is 3. The van der Waals surface area contributed by atoms with E-state index in [1.165, 1.54) is 32.4 Å². The highest BCUT2D eigenvalue weighted by molar-refractivity contribution is 5.83. The molecule has 0 spiro atoms. The van der Waals surface area contributed by atoms with Crippen LogP contribution in [0.5, 0.6) is 0 Å². The van der Waals surface area contributed by atoms with Crippen LogP contribution in [-0.2, 0) is 0 Å². The van der Waals surface area contributed by atoms with Crippen molar-refractivity contribution in [3.63, 3.8) is 0 Å². The molecule has 0 aromatic heterocycles. The highest BCUT2D eigenvalue weighted by Crippen LogP contribution is 2.23. The number of allylic oxidation sites excluding steroid dienone is 1. The molecule has 1 aliphatic rings. The molecule has 6 heteroatoms. The number of primary amides is 1. The van der Waals surface area contributed by atoms with Crippen molar-refractivity contribution in [2.45, 2.75) is 46.0 Å². The Morgan fingerprint density at radius 3 is 2.59 bits per heavy atom. The lowest BCUT2D eigenvalue weighted by atomic mass is 9.91. The fourth-order valence-electron chi connectivity index (χ4n) is 3.41. The van der Waals surface area contributed by atoms with Gasteiger partial charge in [-0.3, -0.25) is 5.32 Å². The third-order valence-electron chi connectivity index (χ3n) is 5.01. The van der Waals surface area contributed by atoms with E-state index in [1.807, 2.05) is 44.2 Å². The van der Waals surface area contributed by atoms with Gasteiger partial charge in [-0.1, -0.05) is 18.2 Å². The van der Waals surface area contributed by atoms with E-state index in [4.69, 9.17) is 10.8 Å². The number of anilines is 1. The second-order valence-corrected chi connectivity index (χ2v) is 7.28. The first-order valence-corrected chi connectivity index (χ1v) is 9.80. The van der Waals surface area contributed by atoms with Gasteiger partial charge in [-0.25, -0.2) is 9.80 Å². The molecule has 2 amide bonds. The quantitative estimate of drug-likeness (QED) is 0.537. The number of carbonyl (C=O) groups is 1. The van der Waals surface area contributed by atoms with Gasteiger partial charge in [-0.2, -0.15) is 5.10 Å². The maximum atomic E-state index is 11.4. The van der Waals surface area contributed by atoms with Gasteiger partial charge >= 0.3 is 6.03 Å². The summed E-state index contributed by atoms with van der Waals surface area (Å²) in [7, 11) is 2.20.